The summed E-state index contributed by atoms with van der Waals surface area (Å²) in [5.41, 5.74) is 4.79. The highest BCUT2D eigenvalue weighted by atomic mass is 16.4. The molecular weight excluding hydrogens is 410 g/mol. The van der Waals surface area contributed by atoms with Gasteiger partial charge in [0.05, 0.1) is 6.42 Å². The monoisotopic (exact) mass is 441 g/mol. The Kier molecular flexibility index (Phi) is 7.90. The molecule has 0 saturated heterocycles. The maximum absolute atomic E-state index is 11.4. The summed E-state index contributed by atoms with van der Waals surface area (Å²) in [6.07, 6.45) is 2.76. The van der Waals surface area contributed by atoms with E-state index in [2.05, 4.69) is 70.2 Å². The fraction of sp³-hybridized carbons (Fsp3) is 0.250. The zero-order chi connectivity index (χ0) is 22.9. The summed E-state index contributed by atoms with van der Waals surface area (Å²) >= 11 is 0. The fourth-order valence-corrected chi connectivity index (χ4v) is 4.40. The number of aromatic amines is 1. The van der Waals surface area contributed by atoms with Crippen LogP contribution in [0.2, 0.25) is 0 Å². The molecule has 0 unspecified atom stereocenters. The average Bonchev–Trinajstić information content (AvgIpc) is 3.25. The fourth-order valence-electron chi connectivity index (χ4n) is 4.40. The van der Waals surface area contributed by atoms with Gasteiger partial charge in [0.2, 0.25) is 0 Å². The SMILES string of the molecule is O=C(O)C[C@H](Cc1c[nH]c2ccccc12)NCCNCC(c1ccccc1)c1ccccc1. The first-order valence-electron chi connectivity index (χ1n) is 11.5. The van der Waals surface area contributed by atoms with Gasteiger partial charge in [-0.15, -0.1) is 0 Å². The average molecular weight is 442 g/mol. The minimum absolute atomic E-state index is 0.0934. The molecule has 5 heteroatoms. The van der Waals surface area contributed by atoms with Crippen LogP contribution in [0.4, 0.5) is 0 Å². The highest BCUT2D eigenvalue weighted by Gasteiger charge is 2.16. The van der Waals surface area contributed by atoms with Gasteiger partial charge in [0, 0.05) is 48.7 Å². The number of carboxylic acid groups (broad SMARTS) is 1. The number of carbonyl (C=O) groups is 1. The molecule has 4 N–H and O–H groups in total. The Morgan fingerprint density at radius 2 is 1.48 bits per heavy atom. The summed E-state index contributed by atoms with van der Waals surface area (Å²) in [5.74, 6) is -0.512. The van der Waals surface area contributed by atoms with Crippen LogP contribution in [-0.4, -0.2) is 41.7 Å². The number of aromatic nitrogens is 1. The maximum Gasteiger partial charge on any atom is 0.304 e. The van der Waals surface area contributed by atoms with Crippen molar-refractivity contribution in [3.05, 3.63) is 108 Å². The lowest BCUT2D eigenvalue weighted by molar-refractivity contribution is -0.137. The van der Waals surface area contributed by atoms with E-state index in [0.717, 1.165) is 29.6 Å². The summed E-state index contributed by atoms with van der Waals surface area (Å²) in [6.45, 7) is 2.29. The second kappa shape index (κ2) is 11.5. The third-order valence-corrected chi connectivity index (χ3v) is 6.05. The molecule has 0 fully saturated rings. The van der Waals surface area contributed by atoms with Gasteiger partial charge in [-0.2, -0.15) is 0 Å². The second-order valence-corrected chi connectivity index (χ2v) is 8.39. The van der Waals surface area contributed by atoms with Gasteiger partial charge in [-0.25, -0.2) is 0 Å². The number of aliphatic carboxylic acids is 1. The molecule has 0 saturated carbocycles. The number of hydrogen-bond acceptors (Lipinski definition) is 3. The van der Waals surface area contributed by atoms with Gasteiger partial charge in [-0.3, -0.25) is 4.79 Å². The Bertz CT molecular complexity index is 1100. The maximum atomic E-state index is 11.4. The van der Waals surface area contributed by atoms with Crippen molar-refractivity contribution in [2.45, 2.75) is 24.8 Å². The van der Waals surface area contributed by atoms with Gasteiger partial charge in [0.1, 0.15) is 0 Å². The third kappa shape index (κ3) is 6.31. The molecule has 0 aliphatic heterocycles. The Hall–Kier alpha value is -3.41. The van der Waals surface area contributed by atoms with Gasteiger partial charge in [-0.1, -0.05) is 78.9 Å². The predicted molar refractivity (Wildman–Crippen MR) is 134 cm³/mol. The number of benzene rings is 3. The number of hydrogen-bond donors (Lipinski definition) is 4. The van der Waals surface area contributed by atoms with E-state index in [1.54, 1.807) is 0 Å². The standard InChI is InChI=1S/C28H31N3O2/c32-28(33)18-24(17-23-19-31-27-14-8-7-13-25(23)27)30-16-15-29-20-26(21-9-3-1-4-10-21)22-11-5-2-6-12-22/h1-14,19,24,26,29-31H,15-18,20H2,(H,32,33)/t24-/m0/s1. The molecule has 0 amide bonds. The molecule has 33 heavy (non-hydrogen) atoms. The van der Waals surface area contributed by atoms with E-state index in [-0.39, 0.29) is 18.4 Å². The summed E-state index contributed by atoms with van der Waals surface area (Å²) in [5, 5.41) is 17.6. The van der Waals surface area contributed by atoms with E-state index in [0.29, 0.717) is 13.0 Å². The number of rotatable bonds is 12. The van der Waals surface area contributed by atoms with Gasteiger partial charge < -0.3 is 20.7 Å². The highest BCUT2D eigenvalue weighted by Crippen LogP contribution is 2.23. The normalized spacial score (nSPS) is 12.3. The van der Waals surface area contributed by atoms with Crippen LogP contribution in [0.5, 0.6) is 0 Å². The van der Waals surface area contributed by atoms with Crippen molar-refractivity contribution in [3.8, 4) is 0 Å². The summed E-state index contributed by atoms with van der Waals surface area (Å²) in [4.78, 5) is 14.7. The van der Waals surface area contributed by atoms with Crippen molar-refractivity contribution in [2.75, 3.05) is 19.6 Å². The molecule has 4 aromatic rings. The molecule has 0 aliphatic carbocycles. The topological polar surface area (TPSA) is 77.1 Å². The molecule has 1 aromatic heterocycles. The van der Waals surface area contributed by atoms with Crippen LogP contribution in [0.1, 0.15) is 29.0 Å². The Balaban J connectivity index is 1.32. The smallest absolute Gasteiger partial charge is 0.304 e. The molecular formula is C28H31N3O2. The Morgan fingerprint density at radius 1 is 0.848 bits per heavy atom. The zero-order valence-electron chi connectivity index (χ0n) is 18.7. The molecule has 170 valence electrons. The van der Waals surface area contributed by atoms with Crippen molar-refractivity contribution in [2.24, 2.45) is 0 Å². The molecule has 5 nitrogen and oxygen atoms in total. The van der Waals surface area contributed by atoms with Crippen molar-refractivity contribution < 1.29 is 9.90 Å². The number of H-pyrrole nitrogens is 1. The first-order valence-corrected chi connectivity index (χ1v) is 11.5. The van der Waals surface area contributed by atoms with Crippen molar-refractivity contribution in [1.82, 2.24) is 15.6 Å². The first kappa shape index (κ1) is 22.8. The quantitative estimate of drug-likeness (QED) is 0.243. The van der Waals surface area contributed by atoms with E-state index in [9.17, 15) is 9.90 Å². The first-order chi connectivity index (χ1) is 16.2. The van der Waals surface area contributed by atoms with Crippen LogP contribution >= 0.6 is 0 Å². The van der Waals surface area contributed by atoms with Crippen LogP contribution in [-0.2, 0) is 11.2 Å². The zero-order valence-corrected chi connectivity index (χ0v) is 18.7. The van der Waals surface area contributed by atoms with Gasteiger partial charge >= 0.3 is 5.97 Å². The highest BCUT2D eigenvalue weighted by molar-refractivity contribution is 5.83. The summed E-state index contributed by atoms with van der Waals surface area (Å²) < 4.78 is 0. The molecule has 0 aliphatic rings. The number of para-hydroxylation sites is 1. The van der Waals surface area contributed by atoms with E-state index in [4.69, 9.17) is 0 Å². The van der Waals surface area contributed by atoms with E-state index in [1.807, 2.05) is 36.5 Å². The van der Waals surface area contributed by atoms with Gasteiger partial charge in [0.25, 0.3) is 0 Å². The Labute approximate surface area is 194 Å². The van der Waals surface area contributed by atoms with E-state index >= 15 is 0 Å². The molecule has 0 spiro atoms. The van der Waals surface area contributed by atoms with E-state index in [1.165, 1.54) is 11.1 Å². The third-order valence-electron chi connectivity index (χ3n) is 6.05. The lowest BCUT2D eigenvalue weighted by Gasteiger charge is -2.20. The molecule has 0 bridgehead atoms. The van der Waals surface area contributed by atoms with Crippen molar-refractivity contribution in [3.63, 3.8) is 0 Å². The van der Waals surface area contributed by atoms with Gasteiger partial charge in [-0.05, 0) is 29.2 Å². The number of fused-ring (bicyclic) bond motifs is 1. The molecule has 1 heterocycles. The number of nitrogens with one attached hydrogen (secondary N) is 3. The molecule has 1 atom stereocenters. The minimum Gasteiger partial charge on any atom is -0.481 e. The summed E-state index contributed by atoms with van der Waals surface area (Å²) in [6, 6.07) is 29.1. The van der Waals surface area contributed by atoms with Crippen molar-refractivity contribution in [1.29, 1.82) is 0 Å². The van der Waals surface area contributed by atoms with Gasteiger partial charge in [0.15, 0.2) is 0 Å². The lowest BCUT2D eigenvalue weighted by Crippen LogP contribution is -2.38. The Morgan fingerprint density at radius 3 is 2.15 bits per heavy atom. The van der Waals surface area contributed by atoms with Crippen LogP contribution in [0.15, 0.2) is 91.1 Å². The number of carboxylic acids is 1. The molecule has 0 radical (unpaired) electrons. The van der Waals surface area contributed by atoms with Crippen LogP contribution in [0, 0.1) is 0 Å². The van der Waals surface area contributed by atoms with Crippen LogP contribution in [0.3, 0.4) is 0 Å². The molecule has 4 rings (SSSR count). The largest absolute Gasteiger partial charge is 0.481 e. The predicted octanol–water partition coefficient (Wildman–Crippen LogP) is 4.57. The summed E-state index contributed by atoms with van der Waals surface area (Å²) in [7, 11) is 0. The lowest BCUT2D eigenvalue weighted by atomic mass is 9.91. The minimum atomic E-state index is -0.784. The van der Waals surface area contributed by atoms with Crippen molar-refractivity contribution >= 4 is 16.9 Å². The van der Waals surface area contributed by atoms with Crippen LogP contribution < -0.4 is 10.6 Å². The van der Waals surface area contributed by atoms with E-state index < -0.39 is 5.97 Å². The molecule has 3 aromatic carbocycles. The van der Waals surface area contributed by atoms with Crippen LogP contribution in [0.25, 0.3) is 10.9 Å². The second-order valence-electron chi connectivity index (χ2n) is 8.39.